The van der Waals surface area contributed by atoms with Crippen molar-refractivity contribution in [1.82, 2.24) is 0 Å². The maximum atomic E-state index is 11.8. The van der Waals surface area contributed by atoms with Crippen molar-refractivity contribution < 1.29 is 14.3 Å². The number of Topliss-reactive ketones (excluding diaryl/α,β-unsaturated/α-hetero) is 1. The van der Waals surface area contributed by atoms with Crippen LogP contribution in [0.25, 0.3) is 0 Å². The number of ether oxygens (including phenoxy) is 1. The van der Waals surface area contributed by atoms with Gasteiger partial charge in [0.25, 0.3) is 0 Å². The zero-order chi connectivity index (χ0) is 12.7. The highest BCUT2D eigenvalue weighted by Gasteiger charge is 2.08. The van der Waals surface area contributed by atoms with E-state index in [1.54, 1.807) is 6.07 Å². The molecule has 17 heavy (non-hydrogen) atoms. The van der Waals surface area contributed by atoms with Gasteiger partial charge in [0.05, 0.1) is 7.11 Å². The van der Waals surface area contributed by atoms with Gasteiger partial charge >= 0.3 is 5.97 Å². The lowest BCUT2D eigenvalue weighted by molar-refractivity contribution is -0.140. The van der Waals surface area contributed by atoms with Crippen LogP contribution >= 0.6 is 15.9 Å². The number of benzene rings is 1. The number of carbonyl (C=O) groups excluding carboxylic acids is 2. The Morgan fingerprint density at radius 1 is 1.29 bits per heavy atom. The van der Waals surface area contributed by atoms with Gasteiger partial charge in [-0.2, -0.15) is 0 Å². The maximum Gasteiger partial charge on any atom is 0.305 e. The van der Waals surface area contributed by atoms with Crippen LogP contribution in [-0.4, -0.2) is 18.9 Å². The summed E-state index contributed by atoms with van der Waals surface area (Å²) in [5.74, 6) is -0.205. The Morgan fingerprint density at radius 3 is 2.71 bits per heavy atom. The van der Waals surface area contributed by atoms with Crippen LogP contribution in [0.3, 0.4) is 0 Å². The molecule has 0 saturated carbocycles. The van der Waals surface area contributed by atoms with Gasteiger partial charge in [-0.3, -0.25) is 9.59 Å². The Hall–Kier alpha value is -1.16. The number of ketones is 1. The van der Waals surface area contributed by atoms with E-state index >= 15 is 0 Å². The minimum atomic E-state index is -0.271. The summed E-state index contributed by atoms with van der Waals surface area (Å²) in [6, 6.07) is 7.49. The SMILES string of the molecule is COC(=O)CCCC(=O)c1cccc(CBr)c1. The summed E-state index contributed by atoms with van der Waals surface area (Å²) in [4.78, 5) is 22.7. The molecule has 0 unspecified atom stereocenters. The molecule has 0 amide bonds. The van der Waals surface area contributed by atoms with E-state index in [4.69, 9.17) is 0 Å². The van der Waals surface area contributed by atoms with E-state index in [1.165, 1.54) is 7.11 Å². The van der Waals surface area contributed by atoms with E-state index in [0.717, 1.165) is 10.9 Å². The number of methoxy groups -OCH3 is 1. The van der Waals surface area contributed by atoms with E-state index in [-0.39, 0.29) is 11.8 Å². The molecule has 0 aliphatic carbocycles. The summed E-state index contributed by atoms with van der Waals surface area (Å²) in [6.45, 7) is 0. The minimum Gasteiger partial charge on any atom is -0.469 e. The normalized spacial score (nSPS) is 10.0. The van der Waals surface area contributed by atoms with Crippen LogP contribution in [0.5, 0.6) is 0 Å². The molecule has 0 fully saturated rings. The lowest BCUT2D eigenvalue weighted by Crippen LogP contribution is -2.04. The molecule has 92 valence electrons. The molecule has 1 aromatic carbocycles. The van der Waals surface area contributed by atoms with Crippen LogP contribution < -0.4 is 0 Å². The largest absolute Gasteiger partial charge is 0.469 e. The third kappa shape index (κ3) is 4.69. The van der Waals surface area contributed by atoms with E-state index in [0.29, 0.717) is 24.8 Å². The third-order valence-electron chi connectivity index (χ3n) is 2.42. The molecule has 0 aromatic heterocycles. The lowest BCUT2D eigenvalue weighted by atomic mass is 10.0. The molecular weight excluding hydrogens is 284 g/mol. The molecule has 0 N–H and O–H groups in total. The van der Waals surface area contributed by atoms with Gasteiger partial charge in [-0.05, 0) is 18.1 Å². The first-order valence-electron chi connectivity index (χ1n) is 5.42. The van der Waals surface area contributed by atoms with Gasteiger partial charge in [-0.1, -0.05) is 34.1 Å². The fourth-order valence-corrected chi connectivity index (χ4v) is 1.82. The molecule has 0 aliphatic rings. The Kier molecular flexibility index (Phi) is 5.91. The highest BCUT2D eigenvalue weighted by atomic mass is 79.9. The highest BCUT2D eigenvalue weighted by Crippen LogP contribution is 2.12. The Labute approximate surface area is 109 Å². The summed E-state index contributed by atoms with van der Waals surface area (Å²) in [7, 11) is 1.35. The number of alkyl halides is 1. The molecule has 0 atom stereocenters. The minimum absolute atomic E-state index is 0.0664. The molecule has 0 heterocycles. The van der Waals surface area contributed by atoms with Crippen LogP contribution in [0.2, 0.25) is 0 Å². The number of hydrogen-bond acceptors (Lipinski definition) is 3. The molecule has 3 nitrogen and oxygen atoms in total. The van der Waals surface area contributed by atoms with E-state index in [9.17, 15) is 9.59 Å². The Bertz CT molecular complexity index is 401. The van der Waals surface area contributed by atoms with Crippen molar-refractivity contribution in [3.05, 3.63) is 35.4 Å². The zero-order valence-electron chi connectivity index (χ0n) is 9.74. The van der Waals surface area contributed by atoms with Gasteiger partial charge < -0.3 is 4.74 Å². The molecule has 0 bridgehead atoms. The van der Waals surface area contributed by atoms with Gasteiger partial charge in [0.15, 0.2) is 5.78 Å². The number of halogens is 1. The van der Waals surface area contributed by atoms with Crippen molar-refractivity contribution in [2.24, 2.45) is 0 Å². The average molecular weight is 299 g/mol. The third-order valence-corrected chi connectivity index (χ3v) is 3.06. The maximum absolute atomic E-state index is 11.8. The molecule has 1 rings (SSSR count). The molecule has 4 heteroatoms. The highest BCUT2D eigenvalue weighted by molar-refractivity contribution is 9.08. The monoisotopic (exact) mass is 298 g/mol. The van der Waals surface area contributed by atoms with E-state index in [2.05, 4.69) is 20.7 Å². The number of carbonyl (C=O) groups is 2. The summed E-state index contributed by atoms with van der Waals surface area (Å²) < 4.78 is 4.52. The predicted molar refractivity (Wildman–Crippen MR) is 69.3 cm³/mol. The predicted octanol–water partition coefficient (Wildman–Crippen LogP) is 3.11. The summed E-state index contributed by atoms with van der Waals surface area (Å²) in [6.07, 6.45) is 1.20. The van der Waals surface area contributed by atoms with Crippen LogP contribution in [-0.2, 0) is 14.9 Å². The molecule has 1 aromatic rings. The van der Waals surface area contributed by atoms with Crippen molar-refractivity contribution in [3.63, 3.8) is 0 Å². The first-order valence-corrected chi connectivity index (χ1v) is 6.54. The fraction of sp³-hybridized carbons (Fsp3) is 0.385. The lowest BCUT2D eigenvalue weighted by Gasteiger charge is -2.02. The standard InChI is InChI=1S/C13H15BrO3/c1-17-13(16)7-3-6-12(15)11-5-2-4-10(8-11)9-14/h2,4-5,8H,3,6-7,9H2,1H3. The van der Waals surface area contributed by atoms with Gasteiger partial charge in [-0.25, -0.2) is 0 Å². The summed E-state index contributed by atoms with van der Waals surface area (Å²) >= 11 is 3.35. The van der Waals surface area contributed by atoms with Gasteiger partial charge in [-0.15, -0.1) is 0 Å². The van der Waals surface area contributed by atoms with Crippen molar-refractivity contribution >= 4 is 27.7 Å². The molecule has 0 aliphatic heterocycles. The topological polar surface area (TPSA) is 43.4 Å². The van der Waals surface area contributed by atoms with Crippen LogP contribution in [0.4, 0.5) is 0 Å². The molecule has 0 spiro atoms. The second-order valence-electron chi connectivity index (χ2n) is 3.69. The molecular formula is C13H15BrO3. The fourth-order valence-electron chi connectivity index (χ4n) is 1.47. The van der Waals surface area contributed by atoms with Crippen LogP contribution in [0.15, 0.2) is 24.3 Å². The smallest absolute Gasteiger partial charge is 0.305 e. The van der Waals surface area contributed by atoms with E-state index in [1.807, 2.05) is 18.2 Å². The van der Waals surface area contributed by atoms with Crippen LogP contribution in [0, 0.1) is 0 Å². The first kappa shape index (κ1) is 13.9. The molecule has 0 radical (unpaired) electrons. The number of esters is 1. The van der Waals surface area contributed by atoms with Crippen molar-refractivity contribution in [2.45, 2.75) is 24.6 Å². The van der Waals surface area contributed by atoms with E-state index < -0.39 is 0 Å². The summed E-state index contributed by atoms with van der Waals surface area (Å²) in [5.41, 5.74) is 1.77. The second kappa shape index (κ2) is 7.22. The Morgan fingerprint density at radius 2 is 2.06 bits per heavy atom. The number of hydrogen-bond donors (Lipinski definition) is 0. The quantitative estimate of drug-likeness (QED) is 0.460. The zero-order valence-corrected chi connectivity index (χ0v) is 11.3. The van der Waals surface area contributed by atoms with Gasteiger partial charge in [0.2, 0.25) is 0 Å². The number of rotatable bonds is 6. The van der Waals surface area contributed by atoms with Crippen LogP contribution in [0.1, 0.15) is 35.2 Å². The first-order chi connectivity index (χ1) is 8.17. The Balaban J connectivity index is 2.49. The van der Waals surface area contributed by atoms with Gasteiger partial charge in [0, 0.05) is 23.7 Å². The van der Waals surface area contributed by atoms with Crippen molar-refractivity contribution in [3.8, 4) is 0 Å². The second-order valence-corrected chi connectivity index (χ2v) is 4.25. The molecule has 0 saturated heterocycles. The van der Waals surface area contributed by atoms with Gasteiger partial charge in [0.1, 0.15) is 0 Å². The van der Waals surface area contributed by atoms with Crippen molar-refractivity contribution in [1.29, 1.82) is 0 Å². The van der Waals surface area contributed by atoms with Crippen molar-refractivity contribution in [2.75, 3.05) is 7.11 Å². The summed E-state index contributed by atoms with van der Waals surface area (Å²) in [5, 5.41) is 0.732. The average Bonchev–Trinajstić information content (AvgIpc) is 2.38.